The van der Waals surface area contributed by atoms with Crippen LogP contribution in [0.5, 0.6) is 0 Å². The molecule has 0 bridgehead atoms. The van der Waals surface area contributed by atoms with Gasteiger partial charge >= 0.3 is 20.6 Å². The van der Waals surface area contributed by atoms with Crippen LogP contribution in [0.25, 0.3) is 0 Å². The van der Waals surface area contributed by atoms with Gasteiger partial charge in [-0.05, 0) is 170 Å². The predicted octanol–water partition coefficient (Wildman–Crippen LogP) is 10.6. The second-order valence-corrected chi connectivity index (χ2v) is 33.3. The smallest absolute Gasteiger partial charge is 0.333 e. The number of pyridine rings is 4. The number of hydrogen-bond donors (Lipinski definition) is 11. The molecular weight excluding hydrogens is 1460 g/mol. The van der Waals surface area contributed by atoms with Crippen molar-refractivity contribution in [1.29, 1.82) is 0 Å². The minimum atomic E-state index is -4.14. The largest absolute Gasteiger partial charge is 0.396 e. The van der Waals surface area contributed by atoms with Gasteiger partial charge in [0.2, 0.25) is 0 Å². The first-order valence-electron chi connectivity index (χ1n) is 36.9. The van der Waals surface area contributed by atoms with Crippen LogP contribution in [0.3, 0.4) is 0 Å². The Morgan fingerprint density at radius 2 is 0.802 bits per heavy atom. The van der Waals surface area contributed by atoms with E-state index in [2.05, 4.69) is 70.3 Å². The number of ether oxygens (including phenoxy) is 2. The Morgan fingerprint density at radius 3 is 1.15 bits per heavy atom. The number of fused-ring (bicyclic) bond motifs is 1. The number of allylic oxidation sites excluding steroid dienone is 16. The lowest BCUT2D eigenvalue weighted by Crippen LogP contribution is -2.36. The van der Waals surface area contributed by atoms with E-state index in [0.29, 0.717) is 89.2 Å². The minimum Gasteiger partial charge on any atom is -0.396 e. The maximum Gasteiger partial charge on any atom is 0.333 e. The number of carbonyl (C=O) groups is 4. The Balaban J connectivity index is 0.000000185. The van der Waals surface area contributed by atoms with Crippen molar-refractivity contribution in [3.05, 3.63) is 187 Å². The van der Waals surface area contributed by atoms with Gasteiger partial charge in [-0.15, -0.1) is 0 Å². The van der Waals surface area contributed by atoms with Crippen LogP contribution in [0.2, 0.25) is 0 Å². The van der Waals surface area contributed by atoms with Crippen LogP contribution in [-0.2, 0) is 38.4 Å². The molecule has 4 aromatic heterocycles. The third-order valence-electron chi connectivity index (χ3n) is 22.4. The number of ketones is 4. The highest BCUT2D eigenvalue weighted by molar-refractivity contribution is 7.84. The van der Waals surface area contributed by atoms with E-state index in [1.807, 2.05) is 91.8 Å². The lowest BCUT2D eigenvalue weighted by Gasteiger charge is -2.24. The molecule has 0 radical (unpaired) electrons. The van der Waals surface area contributed by atoms with E-state index < -0.39 is 56.7 Å². The Hall–Kier alpha value is -8.14. The first-order chi connectivity index (χ1) is 51.5. The molecule has 604 valence electrons. The zero-order chi connectivity index (χ0) is 79.1. The Morgan fingerprint density at radius 1 is 0.468 bits per heavy atom. The molecule has 0 aromatic carbocycles. The van der Waals surface area contributed by atoms with E-state index in [4.69, 9.17) is 19.8 Å². The molecule has 13 N–H and O–H groups in total. The molecule has 0 unspecified atom stereocenters. The predicted molar refractivity (Wildman–Crippen MR) is 427 cm³/mol. The van der Waals surface area contributed by atoms with E-state index in [1.165, 1.54) is 34.7 Å². The van der Waals surface area contributed by atoms with Gasteiger partial charge < -0.3 is 56.3 Å². The molecular formula is C82H112N10O17S2. The summed E-state index contributed by atoms with van der Waals surface area (Å²) in [5, 5.41) is 73.1. The number of carbonyl (C=O) groups excluding carboxylic acids is 4. The molecule has 29 heteroatoms. The number of nitrogens with zero attached hydrogens (tertiary/aromatic N) is 4. The standard InChI is InChI=1S/C22H28N2O4.C20H26N2O2.C19H25N3O6S.C19H25N3O5S.2CH4/c1-12-7-14(8-13(12)2)19(26)16-10-23-6-5-17(16)24-18-9-15(11-25)20-21(18)28-22(3,4)27-20;1-12-6-15(7-13(12)2)20(24)18-10-21-5-4-19(18)22-17-8-14(3)16(9-17)11-23;1-10-5-12(6-11(10)2)17(23)14-8-21-4-3-15(14)22-16-7-13(18(24)19(16)25)9-28-29(20,26)27;1-11-5-13(6-12(11)2)19(24)16-9-21-4-3-17(16)22-15-7-14(18(23)8-15)10-27-28(20,25)26;;/h5-7,10,15,18,20-21,25H,8-9,11H2,1-4H3,(H,23,24);4-6,10,14,16-17,23H,7-9,11H2,1-3H3,(H,21,22);3-5,8,13,16,18-19,24-25H,6-7,9H2,1-2H3,(H,21,22)(H2,20,26,27);3-5,9,14-15,18,23H,6-8,10H2,1-2H3,(H,21,22)(H2,20,25,26);2*1H4/t15-,18-,20-,21+;14-,16+,17-;13-,16-,18-,19+;14-,15-,18+;;/m1011../s1. The van der Waals surface area contributed by atoms with Crippen molar-refractivity contribution in [3.8, 4) is 0 Å². The normalized spacial score (nSPS) is 27.1. The number of Topliss-reactive ketones (excluding diaryl/α,β-unsaturated/α-hetero) is 4. The molecule has 0 amide bonds. The summed E-state index contributed by atoms with van der Waals surface area (Å²) in [5.41, 5.74) is 17.2. The topological polar surface area (TPSA) is 426 Å². The highest BCUT2D eigenvalue weighted by atomic mass is 32.2. The summed E-state index contributed by atoms with van der Waals surface area (Å²) in [5.74, 6) is -0.963. The molecule has 13 rings (SSSR count). The second kappa shape index (κ2) is 37.7. The SMILES string of the molecule is C.C.CC1=C(C)CC(C(=O)c2cnccc2N[C@@H]2C[C@H](CO)[C@@H](C)C2)=C1.CC1=C(C)CC(C(=O)c2cnccc2N[C@@H]2C[C@H](CO)[C@H]3OC(C)(C)O[C@H]32)=C1.CC1=C(C)CC(C(=O)c2cnccc2N[C@@H]2C[C@H](COS(N)(=O)=O)[C@@H](O)C2)=C1.CC1=C(C)CC(C(=O)c2cnccc2N[C@@H]2C[C@H](COS(N)(=O)=O)[C@@H](O)[C@H]2O)=C1. The number of aliphatic hydroxyl groups excluding tert-OH is 5. The molecule has 4 saturated carbocycles. The highest BCUT2D eigenvalue weighted by Gasteiger charge is 2.54. The van der Waals surface area contributed by atoms with Crippen molar-refractivity contribution in [2.75, 3.05) is 47.7 Å². The number of nitrogens with one attached hydrogen (secondary N) is 4. The van der Waals surface area contributed by atoms with Gasteiger partial charge in [0.05, 0.1) is 65.9 Å². The van der Waals surface area contributed by atoms with Crippen LogP contribution in [-0.4, -0.2) is 172 Å². The van der Waals surface area contributed by atoms with Gasteiger partial charge in [-0.1, -0.05) is 90.7 Å². The summed E-state index contributed by atoms with van der Waals surface area (Å²) in [4.78, 5) is 68.4. The number of rotatable bonds is 24. The molecule has 14 atom stereocenters. The molecule has 4 aromatic rings. The van der Waals surface area contributed by atoms with Crippen molar-refractivity contribution >= 4 is 66.5 Å². The third-order valence-corrected chi connectivity index (χ3v) is 23.3. The fourth-order valence-corrected chi connectivity index (χ4v) is 16.4. The van der Waals surface area contributed by atoms with Crippen molar-refractivity contribution in [1.82, 2.24) is 19.9 Å². The number of aromatic nitrogens is 4. The number of nitrogens with two attached hydrogens (primary N) is 2. The summed E-state index contributed by atoms with van der Waals surface area (Å²) in [6, 6.07) is 6.59. The molecule has 27 nitrogen and oxygen atoms in total. The average Bonchev–Trinajstić information content (AvgIpc) is 1.60. The number of hydrogen-bond acceptors (Lipinski definition) is 25. The van der Waals surface area contributed by atoms with Gasteiger partial charge in [0.15, 0.2) is 28.9 Å². The fourth-order valence-electron chi connectivity index (χ4n) is 15.7. The van der Waals surface area contributed by atoms with Crippen LogP contribution >= 0.6 is 0 Å². The number of aliphatic hydroxyl groups is 5. The quantitative estimate of drug-likeness (QED) is 0.0290. The molecule has 1 saturated heterocycles. The average molecular weight is 1570 g/mol. The summed E-state index contributed by atoms with van der Waals surface area (Å²) in [6.45, 7) is 21.9. The Labute approximate surface area is 652 Å². The molecule has 9 aliphatic rings. The van der Waals surface area contributed by atoms with Gasteiger partial charge in [-0.3, -0.25) is 47.5 Å². The maximum atomic E-state index is 13.1. The van der Waals surface area contributed by atoms with Crippen LogP contribution in [0.1, 0.15) is 197 Å². The lowest BCUT2D eigenvalue weighted by atomic mass is 10.00. The van der Waals surface area contributed by atoms with Crippen LogP contribution in [0.15, 0.2) is 165 Å². The fraction of sp³-hybridized carbons (Fsp3) is 0.512. The minimum absolute atomic E-state index is 0. The van der Waals surface area contributed by atoms with Crippen molar-refractivity contribution in [2.24, 2.45) is 39.9 Å². The van der Waals surface area contributed by atoms with Gasteiger partial charge in [-0.25, -0.2) is 10.3 Å². The zero-order valence-electron chi connectivity index (χ0n) is 63.6. The molecule has 5 heterocycles. The van der Waals surface area contributed by atoms with E-state index in [1.54, 1.807) is 49.3 Å². The third kappa shape index (κ3) is 22.2. The van der Waals surface area contributed by atoms with E-state index >= 15 is 0 Å². The lowest BCUT2D eigenvalue weighted by molar-refractivity contribution is -0.158. The Bertz CT molecular complexity index is 4620. The van der Waals surface area contributed by atoms with Crippen molar-refractivity contribution in [2.45, 2.75) is 216 Å². The molecule has 111 heavy (non-hydrogen) atoms. The van der Waals surface area contributed by atoms with Gasteiger partial charge in [0.1, 0.15) is 12.2 Å². The maximum absolute atomic E-state index is 13.1. The monoisotopic (exact) mass is 1570 g/mol. The van der Waals surface area contributed by atoms with Gasteiger partial charge in [0.25, 0.3) is 0 Å². The molecule has 5 fully saturated rings. The van der Waals surface area contributed by atoms with E-state index in [-0.39, 0.29) is 107 Å². The molecule has 8 aliphatic carbocycles. The van der Waals surface area contributed by atoms with Gasteiger partial charge in [0, 0.05) is 138 Å². The first-order valence-corrected chi connectivity index (χ1v) is 39.9. The summed E-state index contributed by atoms with van der Waals surface area (Å²) >= 11 is 0. The van der Waals surface area contributed by atoms with Crippen molar-refractivity contribution < 1.29 is 79.4 Å². The Kier molecular flexibility index (Phi) is 30.0. The van der Waals surface area contributed by atoms with Crippen LogP contribution < -0.4 is 31.5 Å². The molecule has 1 aliphatic heterocycles. The zero-order valence-corrected chi connectivity index (χ0v) is 65.2. The summed E-state index contributed by atoms with van der Waals surface area (Å²) in [7, 11) is -8.18. The van der Waals surface area contributed by atoms with Crippen LogP contribution in [0.4, 0.5) is 22.7 Å². The summed E-state index contributed by atoms with van der Waals surface area (Å²) < 4.78 is 65.2. The van der Waals surface area contributed by atoms with Crippen LogP contribution in [0, 0.1) is 29.6 Å². The first kappa shape index (κ1) is 88.4. The molecule has 0 spiro atoms. The number of anilines is 4. The van der Waals surface area contributed by atoms with E-state index in [9.17, 15) is 61.5 Å². The van der Waals surface area contributed by atoms with E-state index in [0.717, 1.165) is 76.1 Å². The second-order valence-electron chi connectivity index (χ2n) is 30.9. The highest BCUT2D eigenvalue weighted by Crippen LogP contribution is 2.44. The van der Waals surface area contributed by atoms with Gasteiger partial charge in [-0.2, -0.15) is 16.8 Å². The van der Waals surface area contributed by atoms with Crippen molar-refractivity contribution in [3.63, 3.8) is 0 Å². The summed E-state index contributed by atoms with van der Waals surface area (Å²) in [6.07, 6.45) is 23.6.